The quantitative estimate of drug-likeness (QED) is 0.564. The Morgan fingerprint density at radius 1 is 1.26 bits per heavy atom. The molecule has 0 radical (unpaired) electrons. The van der Waals surface area contributed by atoms with Crippen molar-refractivity contribution in [2.24, 2.45) is 0 Å². The molecule has 0 bridgehead atoms. The lowest BCUT2D eigenvalue weighted by Crippen LogP contribution is -2.44. The van der Waals surface area contributed by atoms with E-state index in [0.29, 0.717) is 13.1 Å². The highest BCUT2D eigenvalue weighted by molar-refractivity contribution is 8.00. The van der Waals surface area contributed by atoms with Crippen molar-refractivity contribution in [1.29, 1.82) is 0 Å². The van der Waals surface area contributed by atoms with Crippen molar-refractivity contribution >= 4 is 22.0 Å². The van der Waals surface area contributed by atoms with Crippen LogP contribution < -0.4 is 10.0 Å². The monoisotopic (exact) mass is 311 g/mol. The van der Waals surface area contributed by atoms with E-state index >= 15 is 0 Å². The van der Waals surface area contributed by atoms with Gasteiger partial charge in [-0.2, -0.15) is 24.5 Å². The summed E-state index contributed by atoms with van der Waals surface area (Å²) in [6.45, 7) is 8.96. The molecule has 0 aliphatic carbocycles. The molecule has 0 aliphatic heterocycles. The van der Waals surface area contributed by atoms with Crippen molar-refractivity contribution in [2.45, 2.75) is 38.4 Å². The van der Waals surface area contributed by atoms with Crippen molar-refractivity contribution in [3.8, 4) is 0 Å². The summed E-state index contributed by atoms with van der Waals surface area (Å²) in [7, 11) is -1.73. The molecule has 0 heterocycles. The molecule has 5 nitrogen and oxygen atoms in total. The second-order valence-electron chi connectivity index (χ2n) is 5.22. The van der Waals surface area contributed by atoms with Crippen LogP contribution in [0.25, 0.3) is 0 Å². The molecule has 116 valence electrons. The van der Waals surface area contributed by atoms with Gasteiger partial charge in [-0.1, -0.05) is 6.92 Å². The third-order valence-electron chi connectivity index (χ3n) is 2.90. The van der Waals surface area contributed by atoms with Crippen LogP contribution >= 0.6 is 11.8 Å². The molecular formula is C12H29N3O2S2. The zero-order chi connectivity index (χ0) is 14.9. The van der Waals surface area contributed by atoms with Crippen LogP contribution in [0.5, 0.6) is 0 Å². The summed E-state index contributed by atoms with van der Waals surface area (Å²) in [5.41, 5.74) is 0. The summed E-state index contributed by atoms with van der Waals surface area (Å²) >= 11 is 1.65. The minimum atomic E-state index is -3.35. The Labute approximate surface area is 123 Å². The van der Waals surface area contributed by atoms with Crippen LogP contribution in [-0.2, 0) is 10.2 Å². The predicted molar refractivity (Wildman–Crippen MR) is 84.9 cm³/mol. The summed E-state index contributed by atoms with van der Waals surface area (Å²) in [5.74, 6) is 0. The van der Waals surface area contributed by atoms with E-state index in [-0.39, 0.29) is 4.75 Å². The van der Waals surface area contributed by atoms with Crippen molar-refractivity contribution in [2.75, 3.05) is 39.5 Å². The number of rotatable bonds is 11. The van der Waals surface area contributed by atoms with Crippen molar-refractivity contribution in [3.05, 3.63) is 0 Å². The Bertz CT molecular complexity index is 332. The lowest BCUT2D eigenvalue weighted by molar-refractivity contribution is 0.442. The average Bonchev–Trinajstić information content (AvgIpc) is 2.36. The first-order valence-electron chi connectivity index (χ1n) is 6.72. The highest BCUT2D eigenvalue weighted by Gasteiger charge is 2.22. The predicted octanol–water partition coefficient (Wildman–Crippen LogP) is 1.28. The number of nitrogens with one attached hydrogen (secondary N) is 2. The van der Waals surface area contributed by atoms with E-state index in [1.165, 1.54) is 4.31 Å². The van der Waals surface area contributed by atoms with Crippen molar-refractivity contribution in [3.63, 3.8) is 0 Å². The van der Waals surface area contributed by atoms with Crippen molar-refractivity contribution in [1.82, 2.24) is 14.3 Å². The van der Waals surface area contributed by atoms with Crippen LogP contribution in [0.15, 0.2) is 0 Å². The van der Waals surface area contributed by atoms with E-state index in [0.717, 1.165) is 25.9 Å². The highest BCUT2D eigenvalue weighted by Crippen LogP contribution is 2.19. The Morgan fingerprint density at radius 3 is 2.42 bits per heavy atom. The van der Waals surface area contributed by atoms with Gasteiger partial charge in [-0.3, -0.25) is 0 Å². The molecule has 0 aliphatic rings. The fraction of sp³-hybridized carbons (Fsp3) is 1.00. The normalized spacial score (nSPS) is 13.2. The molecule has 7 heteroatoms. The van der Waals surface area contributed by atoms with Gasteiger partial charge < -0.3 is 5.32 Å². The van der Waals surface area contributed by atoms with Crippen LogP contribution in [0.3, 0.4) is 0 Å². The smallest absolute Gasteiger partial charge is 0.279 e. The average molecular weight is 312 g/mol. The SMILES string of the molecule is CCCNCCCN(C)S(=O)(=O)NCC(C)(C)SC. The standard InChI is InChI=1S/C12H29N3O2S2/c1-6-8-13-9-7-10-15(4)19(16,17)14-11-12(2,3)18-5/h13-14H,6-11H2,1-5H3. The van der Waals surface area contributed by atoms with E-state index in [2.05, 4.69) is 17.0 Å². The lowest BCUT2D eigenvalue weighted by Gasteiger charge is -2.24. The largest absolute Gasteiger partial charge is 0.317 e. The summed E-state index contributed by atoms with van der Waals surface area (Å²) in [6.07, 6.45) is 3.90. The van der Waals surface area contributed by atoms with Crippen LogP contribution in [0, 0.1) is 0 Å². The van der Waals surface area contributed by atoms with Gasteiger partial charge >= 0.3 is 0 Å². The molecule has 19 heavy (non-hydrogen) atoms. The Hall–Kier alpha value is 0.180. The highest BCUT2D eigenvalue weighted by atomic mass is 32.2. The summed E-state index contributed by atoms with van der Waals surface area (Å²) in [6, 6.07) is 0. The van der Waals surface area contributed by atoms with E-state index in [4.69, 9.17) is 0 Å². The molecule has 0 spiro atoms. The molecule has 0 saturated heterocycles. The van der Waals surface area contributed by atoms with Crippen LogP contribution in [0.1, 0.15) is 33.6 Å². The topological polar surface area (TPSA) is 61.4 Å². The van der Waals surface area contributed by atoms with Gasteiger partial charge in [0.25, 0.3) is 10.2 Å². The van der Waals surface area contributed by atoms with E-state index in [1.807, 2.05) is 20.1 Å². The maximum atomic E-state index is 12.0. The molecule has 0 aromatic rings. The molecule has 0 aromatic heterocycles. The summed E-state index contributed by atoms with van der Waals surface area (Å²) in [4.78, 5) is 0. The number of nitrogens with zero attached hydrogens (tertiary/aromatic N) is 1. The third-order valence-corrected chi connectivity index (χ3v) is 5.66. The fourth-order valence-electron chi connectivity index (χ4n) is 1.30. The summed E-state index contributed by atoms with van der Waals surface area (Å²) in [5, 5.41) is 3.26. The molecule has 0 atom stereocenters. The molecule has 0 rings (SSSR count). The van der Waals surface area contributed by atoms with Crippen LogP contribution in [0.2, 0.25) is 0 Å². The number of hydrogen-bond acceptors (Lipinski definition) is 4. The fourth-order valence-corrected chi connectivity index (χ4v) is 2.74. The van der Waals surface area contributed by atoms with E-state index < -0.39 is 10.2 Å². The first-order chi connectivity index (χ1) is 8.75. The van der Waals surface area contributed by atoms with E-state index in [9.17, 15) is 8.42 Å². The molecule has 0 saturated carbocycles. The second kappa shape index (κ2) is 9.18. The zero-order valence-corrected chi connectivity index (χ0v) is 14.5. The molecule has 2 N–H and O–H groups in total. The summed E-state index contributed by atoms with van der Waals surface area (Å²) < 4.78 is 28.0. The first kappa shape index (κ1) is 19.2. The van der Waals surface area contributed by atoms with Gasteiger partial charge in [-0.05, 0) is 46.0 Å². The molecular weight excluding hydrogens is 282 g/mol. The molecule has 0 amide bonds. The van der Waals surface area contributed by atoms with E-state index in [1.54, 1.807) is 18.8 Å². The lowest BCUT2D eigenvalue weighted by atomic mass is 10.2. The maximum Gasteiger partial charge on any atom is 0.279 e. The minimum absolute atomic E-state index is 0.0867. The van der Waals surface area contributed by atoms with Gasteiger partial charge in [0.1, 0.15) is 0 Å². The Balaban J connectivity index is 4.04. The number of hydrogen-bond donors (Lipinski definition) is 2. The van der Waals surface area contributed by atoms with Gasteiger partial charge in [-0.25, -0.2) is 4.72 Å². The maximum absolute atomic E-state index is 12.0. The molecule has 0 fully saturated rings. The van der Waals surface area contributed by atoms with Crippen molar-refractivity contribution < 1.29 is 8.42 Å². The minimum Gasteiger partial charge on any atom is -0.317 e. The zero-order valence-electron chi connectivity index (χ0n) is 12.8. The molecule has 0 unspecified atom stereocenters. The van der Waals surface area contributed by atoms with Gasteiger partial charge in [0.2, 0.25) is 0 Å². The Morgan fingerprint density at radius 2 is 1.89 bits per heavy atom. The van der Waals surface area contributed by atoms with Crippen LogP contribution in [-0.4, -0.2) is 57.0 Å². The third kappa shape index (κ3) is 8.86. The van der Waals surface area contributed by atoms with Gasteiger partial charge in [0, 0.05) is 24.9 Å². The van der Waals surface area contributed by atoms with Gasteiger partial charge in [0.15, 0.2) is 0 Å². The second-order valence-corrected chi connectivity index (χ2v) is 8.59. The van der Waals surface area contributed by atoms with Crippen LogP contribution in [0.4, 0.5) is 0 Å². The number of thioether (sulfide) groups is 1. The van der Waals surface area contributed by atoms with Gasteiger partial charge in [0.05, 0.1) is 0 Å². The Kier molecular flexibility index (Phi) is 9.26. The van der Waals surface area contributed by atoms with Gasteiger partial charge in [-0.15, -0.1) is 0 Å². The first-order valence-corrected chi connectivity index (χ1v) is 9.38. The molecule has 0 aromatic carbocycles.